The van der Waals surface area contributed by atoms with Crippen LogP contribution in [-0.2, 0) is 0 Å². The molecule has 0 spiro atoms. The molecule has 90 valence electrons. The summed E-state index contributed by atoms with van der Waals surface area (Å²) in [5.74, 6) is 0.952. The third-order valence-electron chi connectivity index (χ3n) is 2.39. The summed E-state index contributed by atoms with van der Waals surface area (Å²) >= 11 is 1.60. The third-order valence-corrected chi connectivity index (χ3v) is 3.24. The molecule has 0 bridgehead atoms. The highest BCUT2D eigenvalue weighted by Crippen LogP contribution is 2.10. The van der Waals surface area contributed by atoms with E-state index in [9.17, 15) is 4.79 Å². The number of nitrogens with zero attached hydrogens (tertiary/aromatic N) is 2. The number of nitrogens with one attached hydrogen (secondary N) is 1. The van der Waals surface area contributed by atoms with E-state index in [2.05, 4.69) is 28.7 Å². The zero-order valence-corrected chi connectivity index (χ0v) is 10.9. The monoisotopic (exact) mass is 241 g/mol. The third kappa shape index (κ3) is 4.37. The van der Waals surface area contributed by atoms with Crippen molar-refractivity contribution >= 4 is 11.8 Å². The number of H-pyrrole nitrogens is 1. The van der Waals surface area contributed by atoms with Gasteiger partial charge in [0, 0.05) is 24.1 Å². The Morgan fingerprint density at radius 3 is 2.69 bits per heavy atom. The summed E-state index contributed by atoms with van der Waals surface area (Å²) in [4.78, 5) is 20.6. The number of aromatic amines is 1. The van der Waals surface area contributed by atoms with Gasteiger partial charge in [-0.3, -0.25) is 4.79 Å². The van der Waals surface area contributed by atoms with Crippen molar-refractivity contribution in [1.82, 2.24) is 14.9 Å². The van der Waals surface area contributed by atoms with Crippen molar-refractivity contribution in [3.63, 3.8) is 0 Å². The van der Waals surface area contributed by atoms with Crippen LogP contribution in [0.4, 0.5) is 0 Å². The van der Waals surface area contributed by atoms with Crippen LogP contribution in [0.5, 0.6) is 0 Å². The fourth-order valence-corrected chi connectivity index (χ4v) is 2.36. The van der Waals surface area contributed by atoms with Crippen molar-refractivity contribution in [1.29, 1.82) is 0 Å². The van der Waals surface area contributed by atoms with E-state index >= 15 is 0 Å². The van der Waals surface area contributed by atoms with E-state index in [1.165, 1.54) is 6.07 Å². The topological polar surface area (TPSA) is 49.0 Å². The summed E-state index contributed by atoms with van der Waals surface area (Å²) in [5.41, 5.74) is 0.701. The Kier molecular flexibility index (Phi) is 5.55. The van der Waals surface area contributed by atoms with Gasteiger partial charge in [0.15, 0.2) is 5.16 Å². The maximum atomic E-state index is 11.2. The maximum absolute atomic E-state index is 11.2. The fourth-order valence-electron chi connectivity index (χ4n) is 1.43. The van der Waals surface area contributed by atoms with Crippen molar-refractivity contribution in [2.45, 2.75) is 25.9 Å². The Hall–Kier alpha value is -0.810. The van der Waals surface area contributed by atoms with E-state index in [4.69, 9.17) is 0 Å². The van der Waals surface area contributed by atoms with Gasteiger partial charge in [0.2, 0.25) is 0 Å². The van der Waals surface area contributed by atoms with Crippen LogP contribution in [0.3, 0.4) is 0 Å². The van der Waals surface area contributed by atoms with Gasteiger partial charge < -0.3 is 9.88 Å². The second-order valence-corrected chi connectivity index (χ2v) is 4.65. The maximum Gasteiger partial charge on any atom is 0.251 e. The second-order valence-electron chi connectivity index (χ2n) is 3.57. The van der Waals surface area contributed by atoms with Crippen molar-refractivity contribution in [3.05, 3.63) is 22.1 Å². The molecule has 0 aliphatic rings. The van der Waals surface area contributed by atoms with Gasteiger partial charge in [0.25, 0.3) is 5.56 Å². The first-order valence-corrected chi connectivity index (χ1v) is 6.57. The van der Waals surface area contributed by atoms with E-state index in [0.717, 1.165) is 36.2 Å². The van der Waals surface area contributed by atoms with Crippen LogP contribution in [0, 0.1) is 6.92 Å². The van der Waals surface area contributed by atoms with Gasteiger partial charge in [-0.25, -0.2) is 4.98 Å². The Labute approximate surface area is 100 Å². The number of aryl methyl sites for hydroxylation is 1. The number of hydrogen-bond donors (Lipinski definition) is 1. The average Bonchev–Trinajstić information content (AvgIpc) is 2.23. The fraction of sp³-hybridized carbons (Fsp3) is 0.636. The first kappa shape index (κ1) is 13.3. The van der Waals surface area contributed by atoms with Crippen LogP contribution in [0.1, 0.15) is 19.5 Å². The molecule has 0 aromatic carbocycles. The molecule has 0 saturated carbocycles. The number of rotatable bonds is 6. The van der Waals surface area contributed by atoms with Crippen molar-refractivity contribution in [2.24, 2.45) is 0 Å². The molecule has 0 radical (unpaired) electrons. The van der Waals surface area contributed by atoms with Crippen molar-refractivity contribution in [2.75, 3.05) is 25.4 Å². The van der Waals surface area contributed by atoms with E-state index in [-0.39, 0.29) is 5.56 Å². The second kappa shape index (κ2) is 6.70. The summed E-state index contributed by atoms with van der Waals surface area (Å²) in [7, 11) is 0. The molecule has 0 saturated heterocycles. The van der Waals surface area contributed by atoms with Gasteiger partial charge in [-0.15, -0.1) is 0 Å². The Morgan fingerprint density at radius 2 is 2.12 bits per heavy atom. The average molecular weight is 241 g/mol. The lowest BCUT2D eigenvalue weighted by Crippen LogP contribution is -2.25. The van der Waals surface area contributed by atoms with Crippen molar-refractivity contribution in [3.8, 4) is 0 Å². The molecule has 1 rings (SSSR count). The molecule has 0 unspecified atom stereocenters. The van der Waals surface area contributed by atoms with Gasteiger partial charge >= 0.3 is 0 Å². The van der Waals surface area contributed by atoms with Gasteiger partial charge in [0.1, 0.15) is 0 Å². The summed E-state index contributed by atoms with van der Waals surface area (Å²) < 4.78 is 0. The van der Waals surface area contributed by atoms with Gasteiger partial charge in [-0.05, 0) is 20.0 Å². The van der Waals surface area contributed by atoms with Gasteiger partial charge in [-0.2, -0.15) is 0 Å². The predicted octanol–water partition coefficient (Wildman–Crippen LogP) is 1.51. The highest BCUT2D eigenvalue weighted by molar-refractivity contribution is 7.99. The SMILES string of the molecule is CCN(CC)CCSc1nc(C)cc(=O)[nH]1. The Balaban J connectivity index is 2.45. The highest BCUT2D eigenvalue weighted by Gasteiger charge is 2.02. The highest BCUT2D eigenvalue weighted by atomic mass is 32.2. The molecule has 16 heavy (non-hydrogen) atoms. The molecule has 0 aliphatic heterocycles. The largest absolute Gasteiger partial charge is 0.303 e. The molecule has 1 N–H and O–H groups in total. The lowest BCUT2D eigenvalue weighted by molar-refractivity contribution is 0.324. The molecular formula is C11H19N3OS. The van der Waals surface area contributed by atoms with Crippen LogP contribution in [-0.4, -0.2) is 40.3 Å². The molecule has 1 aromatic rings. The first-order valence-electron chi connectivity index (χ1n) is 5.58. The van der Waals surface area contributed by atoms with Crippen LogP contribution in [0.25, 0.3) is 0 Å². The molecule has 0 atom stereocenters. The Morgan fingerprint density at radius 1 is 1.44 bits per heavy atom. The summed E-state index contributed by atoms with van der Waals surface area (Å²) in [6.45, 7) is 9.30. The molecule has 4 nitrogen and oxygen atoms in total. The molecule has 1 heterocycles. The smallest absolute Gasteiger partial charge is 0.251 e. The van der Waals surface area contributed by atoms with E-state index < -0.39 is 0 Å². The molecule has 0 amide bonds. The van der Waals surface area contributed by atoms with E-state index in [1.54, 1.807) is 11.8 Å². The van der Waals surface area contributed by atoms with Gasteiger partial charge in [0.05, 0.1) is 0 Å². The minimum Gasteiger partial charge on any atom is -0.303 e. The molecule has 5 heteroatoms. The minimum absolute atomic E-state index is 0.0714. The summed E-state index contributed by atoms with van der Waals surface area (Å²) in [5, 5.41) is 0.720. The zero-order valence-electron chi connectivity index (χ0n) is 10.1. The van der Waals surface area contributed by atoms with Crippen LogP contribution < -0.4 is 5.56 Å². The predicted molar refractivity (Wildman–Crippen MR) is 68.1 cm³/mol. The summed E-state index contributed by atoms with van der Waals surface area (Å²) in [6.07, 6.45) is 0. The van der Waals surface area contributed by atoms with E-state index in [1.807, 2.05) is 6.92 Å². The number of thioether (sulfide) groups is 1. The van der Waals surface area contributed by atoms with Crippen molar-refractivity contribution < 1.29 is 0 Å². The van der Waals surface area contributed by atoms with Crippen LogP contribution in [0.15, 0.2) is 16.0 Å². The van der Waals surface area contributed by atoms with Crippen LogP contribution >= 0.6 is 11.8 Å². The lowest BCUT2D eigenvalue weighted by Gasteiger charge is -2.16. The lowest BCUT2D eigenvalue weighted by atomic mass is 10.5. The standard InChI is InChI=1S/C11H19N3OS/c1-4-14(5-2)6-7-16-11-12-9(3)8-10(15)13-11/h8H,4-7H2,1-3H3,(H,12,13,15). The zero-order chi connectivity index (χ0) is 12.0. The van der Waals surface area contributed by atoms with Crippen LogP contribution in [0.2, 0.25) is 0 Å². The molecular weight excluding hydrogens is 222 g/mol. The molecule has 0 fully saturated rings. The number of hydrogen-bond acceptors (Lipinski definition) is 4. The Bertz CT molecular complexity index is 374. The number of aromatic nitrogens is 2. The summed E-state index contributed by atoms with van der Waals surface area (Å²) in [6, 6.07) is 1.51. The first-order chi connectivity index (χ1) is 7.65. The quantitative estimate of drug-likeness (QED) is 0.606. The van der Waals surface area contributed by atoms with E-state index in [0.29, 0.717) is 0 Å². The normalized spacial score (nSPS) is 11.0. The van der Waals surface area contributed by atoms with Gasteiger partial charge in [-0.1, -0.05) is 25.6 Å². The molecule has 1 aromatic heterocycles. The molecule has 0 aliphatic carbocycles. The minimum atomic E-state index is -0.0714.